The number of rotatable bonds is 4. The van der Waals surface area contributed by atoms with E-state index < -0.39 is 94.1 Å². The number of H-pyrrole nitrogens is 1. The molecule has 200 valence electrons. The fourth-order valence-electron chi connectivity index (χ4n) is 9.59. The van der Waals surface area contributed by atoms with E-state index in [1.165, 1.54) is 26.1 Å². The van der Waals surface area contributed by atoms with Crippen molar-refractivity contribution in [1.82, 2.24) is 4.98 Å². The number of nitrogens with one attached hydrogen (secondary N) is 1. The molecular formula is C25H35NO10. The van der Waals surface area contributed by atoms with Crippen LogP contribution in [-0.4, -0.2) is 99.8 Å². The normalized spacial score (nSPS) is 58.5. The van der Waals surface area contributed by atoms with Gasteiger partial charge in [-0.25, -0.2) is 4.79 Å². The lowest BCUT2D eigenvalue weighted by atomic mass is 9.54. The van der Waals surface area contributed by atoms with Gasteiger partial charge in [0.05, 0.1) is 24.2 Å². The Morgan fingerprint density at radius 2 is 1.92 bits per heavy atom. The summed E-state index contributed by atoms with van der Waals surface area (Å²) in [5.74, 6) is -6.11. The largest absolute Gasteiger partial charge is 0.454 e. The van der Waals surface area contributed by atoms with Crippen LogP contribution in [0.4, 0.5) is 0 Å². The quantitative estimate of drug-likeness (QED) is 0.225. The Bertz CT molecular complexity index is 1130. The van der Waals surface area contributed by atoms with Crippen LogP contribution >= 0.6 is 0 Å². The number of esters is 1. The molecule has 0 radical (unpaired) electrons. The highest BCUT2D eigenvalue weighted by atomic mass is 16.7. The lowest BCUT2D eigenvalue weighted by Crippen LogP contribution is -2.77. The van der Waals surface area contributed by atoms with Gasteiger partial charge in [-0.2, -0.15) is 0 Å². The van der Waals surface area contributed by atoms with E-state index in [0.29, 0.717) is 0 Å². The first-order chi connectivity index (χ1) is 16.6. The number of ether oxygens (including phenoxy) is 2. The van der Waals surface area contributed by atoms with Crippen LogP contribution in [0.15, 0.2) is 18.3 Å². The van der Waals surface area contributed by atoms with Gasteiger partial charge in [-0.15, -0.1) is 0 Å². The molecule has 0 aromatic carbocycles. The summed E-state index contributed by atoms with van der Waals surface area (Å²) in [7, 11) is 0. The van der Waals surface area contributed by atoms with Gasteiger partial charge in [-0.05, 0) is 25.0 Å². The number of aliphatic hydroxyl groups excluding tert-OH is 3. The lowest BCUT2D eigenvalue weighted by molar-refractivity contribution is -0.396. The van der Waals surface area contributed by atoms with E-state index in [9.17, 15) is 40.5 Å². The molecule has 0 unspecified atom stereocenters. The molecule has 3 heterocycles. The number of carbonyl (C=O) groups is 1. The van der Waals surface area contributed by atoms with Crippen LogP contribution in [0.3, 0.4) is 0 Å². The van der Waals surface area contributed by atoms with Gasteiger partial charge < -0.3 is 50.2 Å². The minimum absolute atomic E-state index is 0.0867. The van der Waals surface area contributed by atoms with Crippen molar-refractivity contribution in [3.05, 3.63) is 24.0 Å². The summed E-state index contributed by atoms with van der Waals surface area (Å²) in [6, 6.07) is 3.07. The summed E-state index contributed by atoms with van der Waals surface area (Å²) in [4.78, 5) is 15.9. The van der Waals surface area contributed by atoms with Crippen LogP contribution < -0.4 is 0 Å². The predicted molar refractivity (Wildman–Crippen MR) is 120 cm³/mol. The molecule has 6 bridgehead atoms. The fourth-order valence-corrected chi connectivity index (χ4v) is 9.59. The average Bonchev–Trinajstić information content (AvgIpc) is 3.44. The maximum absolute atomic E-state index is 13.2. The average molecular weight is 510 g/mol. The number of carbonyl (C=O) groups excluding carboxylic acids is 1. The highest BCUT2D eigenvalue weighted by Gasteiger charge is 3.06. The van der Waals surface area contributed by atoms with Gasteiger partial charge in [-0.1, -0.05) is 20.8 Å². The highest BCUT2D eigenvalue weighted by molar-refractivity contribution is 5.87. The molecule has 2 aliphatic heterocycles. The molecule has 7 rings (SSSR count). The molecule has 11 nitrogen and oxygen atoms in total. The van der Waals surface area contributed by atoms with Crippen LogP contribution in [0.25, 0.3) is 0 Å². The van der Waals surface area contributed by atoms with Crippen molar-refractivity contribution in [2.24, 2.45) is 28.6 Å². The van der Waals surface area contributed by atoms with E-state index in [2.05, 4.69) is 4.98 Å². The summed E-state index contributed by atoms with van der Waals surface area (Å²) in [6.45, 7) is 5.47. The molecule has 6 aliphatic rings. The van der Waals surface area contributed by atoms with Crippen LogP contribution in [0.5, 0.6) is 0 Å². The minimum atomic E-state index is -2.36. The molecular weight excluding hydrogens is 474 g/mol. The molecule has 1 spiro atoms. The van der Waals surface area contributed by atoms with E-state index in [4.69, 9.17) is 9.47 Å². The number of aromatic amines is 1. The second kappa shape index (κ2) is 6.52. The van der Waals surface area contributed by atoms with Crippen LogP contribution in [0.2, 0.25) is 0 Å². The molecule has 4 saturated carbocycles. The Hall–Kier alpha value is -1.57. The summed E-state index contributed by atoms with van der Waals surface area (Å²) in [5.41, 5.74) is -12.7. The number of hydrogen-bond acceptors (Lipinski definition) is 10. The topological polar surface area (TPSA) is 193 Å². The van der Waals surface area contributed by atoms with E-state index in [0.717, 1.165) is 0 Å². The van der Waals surface area contributed by atoms with Crippen molar-refractivity contribution in [3.8, 4) is 0 Å². The minimum Gasteiger partial charge on any atom is -0.454 e. The predicted octanol–water partition coefficient (Wildman–Crippen LogP) is -1.36. The Balaban J connectivity index is 1.67. The lowest BCUT2D eigenvalue weighted by Gasteiger charge is -2.61. The monoisotopic (exact) mass is 509 g/mol. The molecule has 0 amide bonds. The second-order valence-electron chi connectivity index (χ2n) is 12.3. The summed E-state index contributed by atoms with van der Waals surface area (Å²) in [6.07, 6.45) is -3.68. The first kappa shape index (κ1) is 24.7. The van der Waals surface area contributed by atoms with Crippen molar-refractivity contribution in [1.29, 1.82) is 0 Å². The van der Waals surface area contributed by atoms with Crippen LogP contribution in [-0.2, 0) is 9.47 Å². The van der Waals surface area contributed by atoms with Crippen molar-refractivity contribution in [3.63, 3.8) is 0 Å². The smallest absolute Gasteiger partial charge is 0.355 e. The number of aliphatic hydroxyl groups is 7. The van der Waals surface area contributed by atoms with E-state index in [1.807, 2.05) is 0 Å². The Morgan fingerprint density at radius 1 is 1.25 bits per heavy atom. The summed E-state index contributed by atoms with van der Waals surface area (Å²) < 4.78 is 12.1. The van der Waals surface area contributed by atoms with Crippen molar-refractivity contribution < 1.29 is 50.0 Å². The summed E-state index contributed by atoms with van der Waals surface area (Å²) >= 11 is 0. The summed E-state index contributed by atoms with van der Waals surface area (Å²) in [5, 5.41) is 83.0. The number of aromatic nitrogens is 1. The first-order valence-electron chi connectivity index (χ1n) is 12.5. The molecule has 1 aromatic heterocycles. The van der Waals surface area contributed by atoms with Gasteiger partial charge in [0.15, 0.2) is 11.4 Å². The number of hydrogen-bond donors (Lipinski definition) is 8. The van der Waals surface area contributed by atoms with Crippen molar-refractivity contribution in [2.45, 2.75) is 87.0 Å². The van der Waals surface area contributed by atoms with E-state index in [1.54, 1.807) is 19.9 Å². The molecule has 12 atom stereocenters. The van der Waals surface area contributed by atoms with Gasteiger partial charge in [0.25, 0.3) is 0 Å². The molecule has 8 N–H and O–H groups in total. The van der Waals surface area contributed by atoms with Gasteiger partial charge in [0, 0.05) is 36.3 Å². The molecule has 4 aliphatic carbocycles. The third kappa shape index (κ3) is 1.91. The van der Waals surface area contributed by atoms with Crippen molar-refractivity contribution >= 4 is 5.97 Å². The zero-order valence-electron chi connectivity index (χ0n) is 20.7. The molecule has 11 heteroatoms. The Morgan fingerprint density at radius 3 is 2.47 bits per heavy atom. The standard InChI is InChI=1S/C25H35NO10/c1-11(2)23(33)17(35-18(30)13-6-5-7-26-13)15-20(10-27)9-22(32)19(23,4)24(15,34)25(36-22)16(29)12(3)14(28)8-21(20,25)31/h5-7,11-12,14-17,26-29,31-34H,8-10H2,1-4H3/t12-,14+,15-,16-,17-,19+,20-,21-,22-,23+,24-,25+/m0/s1. The third-order valence-corrected chi connectivity index (χ3v) is 11.3. The Labute approximate surface area is 207 Å². The van der Waals surface area contributed by atoms with E-state index >= 15 is 0 Å². The van der Waals surface area contributed by atoms with Crippen molar-refractivity contribution in [2.75, 3.05) is 6.61 Å². The molecule has 1 aromatic rings. The Kier molecular flexibility index (Phi) is 4.48. The van der Waals surface area contributed by atoms with Crippen LogP contribution in [0.1, 0.15) is 51.0 Å². The third-order valence-electron chi connectivity index (χ3n) is 11.3. The van der Waals surface area contributed by atoms with Crippen LogP contribution in [0, 0.1) is 28.6 Å². The SMILES string of the molecule is CC(C)[C@@]1(O)[C@@H](OC(=O)c2ccc[nH]2)[C@H]2[C@@]3(CO)C[C@]4(O)O[C@@]5([C@@H](O)[C@@H](C)[C@H](O)C[C@]35O)[C@@]2(O)[C@@]14C. The second-order valence-corrected chi connectivity index (χ2v) is 12.3. The highest BCUT2D eigenvalue weighted by Crippen LogP contribution is 2.89. The fraction of sp³-hybridized carbons (Fsp3) is 0.800. The van der Waals surface area contributed by atoms with Gasteiger partial charge in [0.2, 0.25) is 0 Å². The molecule has 36 heavy (non-hydrogen) atoms. The molecule has 2 saturated heterocycles. The van der Waals surface area contributed by atoms with Gasteiger partial charge in [-0.3, -0.25) is 0 Å². The maximum atomic E-state index is 13.2. The zero-order chi connectivity index (χ0) is 26.5. The first-order valence-corrected chi connectivity index (χ1v) is 12.5. The maximum Gasteiger partial charge on any atom is 0.355 e. The molecule has 6 fully saturated rings. The van der Waals surface area contributed by atoms with Gasteiger partial charge >= 0.3 is 5.97 Å². The van der Waals surface area contributed by atoms with E-state index in [-0.39, 0.29) is 12.1 Å². The van der Waals surface area contributed by atoms with Gasteiger partial charge in [0.1, 0.15) is 28.6 Å². The zero-order valence-corrected chi connectivity index (χ0v) is 20.7.